The summed E-state index contributed by atoms with van der Waals surface area (Å²) < 4.78 is 2.71. The van der Waals surface area contributed by atoms with Gasteiger partial charge in [-0.1, -0.05) is 12.1 Å². The lowest BCUT2D eigenvalue weighted by atomic mass is 10.1. The quantitative estimate of drug-likeness (QED) is 0.902. The van der Waals surface area contributed by atoms with Crippen molar-refractivity contribution in [3.05, 3.63) is 34.9 Å². The highest BCUT2D eigenvalue weighted by atomic mass is 79.9. The largest absolute Gasteiger partial charge is 0.336 e. The molecule has 1 aromatic heterocycles. The molecule has 0 radical (unpaired) electrons. The molecule has 0 saturated heterocycles. The number of amides is 2. The van der Waals surface area contributed by atoms with Gasteiger partial charge in [0.1, 0.15) is 0 Å². The van der Waals surface area contributed by atoms with Crippen LogP contribution in [0.15, 0.2) is 34.9 Å². The van der Waals surface area contributed by atoms with Gasteiger partial charge in [-0.3, -0.25) is 4.68 Å². The molecule has 5 nitrogen and oxygen atoms in total. The third kappa shape index (κ3) is 3.39. The van der Waals surface area contributed by atoms with Gasteiger partial charge in [-0.25, -0.2) is 4.79 Å². The predicted octanol–water partition coefficient (Wildman–Crippen LogP) is 3.38. The Hall–Kier alpha value is -1.82. The number of carbonyl (C=O) groups excluding carboxylic acids is 1. The van der Waals surface area contributed by atoms with Crippen molar-refractivity contribution in [3.8, 4) is 11.3 Å². The molecule has 1 heterocycles. The molecule has 20 heavy (non-hydrogen) atoms. The second-order valence-electron chi connectivity index (χ2n) is 4.80. The fourth-order valence-electron chi connectivity index (χ4n) is 1.91. The van der Waals surface area contributed by atoms with Crippen LogP contribution < -0.4 is 10.6 Å². The third-order valence-corrected chi connectivity index (χ3v) is 3.29. The number of aromatic nitrogens is 2. The van der Waals surface area contributed by atoms with Crippen LogP contribution in [0.25, 0.3) is 11.3 Å². The zero-order valence-corrected chi connectivity index (χ0v) is 13.2. The molecule has 0 atom stereocenters. The molecule has 1 aromatic carbocycles. The average molecular weight is 337 g/mol. The monoisotopic (exact) mass is 336 g/mol. The number of halogens is 1. The van der Waals surface area contributed by atoms with Gasteiger partial charge in [0.25, 0.3) is 0 Å². The molecule has 0 fully saturated rings. The van der Waals surface area contributed by atoms with Crippen LogP contribution in [0.3, 0.4) is 0 Å². The first-order chi connectivity index (χ1) is 9.47. The van der Waals surface area contributed by atoms with Crippen LogP contribution in [0.1, 0.15) is 13.8 Å². The molecule has 0 unspecified atom stereocenters. The minimum Gasteiger partial charge on any atom is -0.336 e. The number of benzene rings is 1. The van der Waals surface area contributed by atoms with Gasteiger partial charge in [-0.05, 0) is 41.9 Å². The maximum atomic E-state index is 11.7. The second-order valence-corrected chi connectivity index (χ2v) is 5.65. The Morgan fingerprint density at radius 3 is 2.75 bits per heavy atom. The fourth-order valence-corrected chi connectivity index (χ4v) is 2.49. The maximum absolute atomic E-state index is 11.7. The minimum absolute atomic E-state index is 0.101. The normalized spacial score (nSPS) is 10.7. The van der Waals surface area contributed by atoms with Gasteiger partial charge in [-0.2, -0.15) is 5.10 Å². The molecule has 0 saturated carbocycles. The number of urea groups is 1. The molecule has 2 amide bonds. The molecule has 2 rings (SSSR count). The van der Waals surface area contributed by atoms with Gasteiger partial charge in [0.15, 0.2) is 0 Å². The summed E-state index contributed by atoms with van der Waals surface area (Å²) in [6.07, 6.45) is 1.75. The lowest BCUT2D eigenvalue weighted by molar-refractivity contribution is 0.250. The molecule has 0 aliphatic heterocycles. The van der Waals surface area contributed by atoms with Crippen molar-refractivity contribution in [1.82, 2.24) is 15.1 Å². The van der Waals surface area contributed by atoms with E-state index in [0.717, 1.165) is 21.4 Å². The van der Waals surface area contributed by atoms with Gasteiger partial charge in [0, 0.05) is 24.3 Å². The standard InChI is InChI=1S/C14H17BrN4O/c1-9(2)17-14(20)18-11-6-4-5-10(7-11)13-12(15)8-16-19(13)3/h4-9H,1-3H3,(H2,17,18,20). The summed E-state index contributed by atoms with van der Waals surface area (Å²) in [5, 5.41) is 9.80. The van der Waals surface area contributed by atoms with Gasteiger partial charge in [0.2, 0.25) is 0 Å². The Morgan fingerprint density at radius 1 is 1.40 bits per heavy atom. The van der Waals surface area contributed by atoms with Crippen molar-refractivity contribution >= 4 is 27.6 Å². The molecular weight excluding hydrogens is 320 g/mol. The first kappa shape index (κ1) is 14.6. The number of aryl methyl sites for hydroxylation is 1. The SMILES string of the molecule is CC(C)NC(=O)Nc1cccc(-c2c(Br)cnn2C)c1. The number of nitrogens with zero attached hydrogens (tertiary/aromatic N) is 2. The van der Waals surface area contributed by atoms with Crippen molar-refractivity contribution < 1.29 is 4.79 Å². The Morgan fingerprint density at radius 2 is 2.15 bits per heavy atom. The Balaban J connectivity index is 2.23. The van der Waals surface area contributed by atoms with E-state index in [9.17, 15) is 4.79 Å². The highest BCUT2D eigenvalue weighted by molar-refractivity contribution is 9.10. The van der Waals surface area contributed by atoms with E-state index in [-0.39, 0.29) is 12.1 Å². The number of hydrogen-bond donors (Lipinski definition) is 2. The van der Waals surface area contributed by atoms with E-state index in [4.69, 9.17) is 0 Å². The van der Waals surface area contributed by atoms with Gasteiger partial charge in [-0.15, -0.1) is 0 Å². The number of anilines is 1. The van der Waals surface area contributed by atoms with Crippen LogP contribution >= 0.6 is 15.9 Å². The second kappa shape index (κ2) is 6.09. The molecule has 2 aromatic rings. The van der Waals surface area contributed by atoms with E-state index < -0.39 is 0 Å². The topological polar surface area (TPSA) is 59.0 Å². The summed E-state index contributed by atoms with van der Waals surface area (Å²) in [7, 11) is 1.88. The predicted molar refractivity (Wildman–Crippen MR) is 83.6 cm³/mol. The molecule has 0 aliphatic rings. The summed E-state index contributed by atoms with van der Waals surface area (Å²) in [6, 6.07) is 7.55. The van der Waals surface area contributed by atoms with Gasteiger partial charge in [0.05, 0.1) is 16.4 Å². The summed E-state index contributed by atoms with van der Waals surface area (Å²) in [5.41, 5.74) is 2.70. The smallest absolute Gasteiger partial charge is 0.319 e. The zero-order valence-electron chi connectivity index (χ0n) is 11.6. The molecular formula is C14H17BrN4O. The van der Waals surface area contributed by atoms with E-state index in [1.165, 1.54) is 0 Å². The maximum Gasteiger partial charge on any atom is 0.319 e. The summed E-state index contributed by atoms with van der Waals surface area (Å²) in [5.74, 6) is 0. The van der Waals surface area contributed by atoms with E-state index in [1.54, 1.807) is 10.9 Å². The van der Waals surface area contributed by atoms with Gasteiger partial charge < -0.3 is 10.6 Å². The van der Waals surface area contributed by atoms with Crippen molar-refractivity contribution in [3.63, 3.8) is 0 Å². The van der Waals surface area contributed by atoms with Crippen molar-refractivity contribution in [1.29, 1.82) is 0 Å². The Kier molecular flexibility index (Phi) is 4.44. The van der Waals surface area contributed by atoms with Crippen LogP contribution in [-0.4, -0.2) is 21.9 Å². The van der Waals surface area contributed by atoms with Crippen molar-refractivity contribution in [2.24, 2.45) is 7.05 Å². The lowest BCUT2D eigenvalue weighted by Gasteiger charge is -2.11. The zero-order chi connectivity index (χ0) is 14.7. The number of nitrogens with one attached hydrogen (secondary N) is 2. The number of carbonyl (C=O) groups is 1. The summed E-state index contributed by atoms with van der Waals surface area (Å²) in [6.45, 7) is 3.84. The van der Waals surface area contributed by atoms with Crippen LogP contribution in [-0.2, 0) is 7.05 Å². The first-order valence-electron chi connectivity index (χ1n) is 6.33. The van der Waals surface area contributed by atoms with Crippen LogP contribution in [0.2, 0.25) is 0 Å². The Bertz CT molecular complexity index is 602. The highest BCUT2D eigenvalue weighted by Gasteiger charge is 2.10. The molecule has 0 aliphatic carbocycles. The first-order valence-corrected chi connectivity index (χ1v) is 7.12. The van der Waals surface area contributed by atoms with E-state index in [0.29, 0.717) is 0 Å². The third-order valence-electron chi connectivity index (χ3n) is 2.71. The number of hydrogen-bond acceptors (Lipinski definition) is 2. The van der Waals surface area contributed by atoms with Crippen molar-refractivity contribution in [2.75, 3.05) is 5.32 Å². The van der Waals surface area contributed by atoms with E-state index in [1.807, 2.05) is 45.2 Å². The van der Waals surface area contributed by atoms with Crippen LogP contribution in [0.5, 0.6) is 0 Å². The Labute approximate surface area is 126 Å². The number of rotatable bonds is 3. The van der Waals surface area contributed by atoms with E-state index >= 15 is 0 Å². The lowest BCUT2D eigenvalue weighted by Crippen LogP contribution is -2.34. The molecule has 0 bridgehead atoms. The van der Waals surface area contributed by atoms with Gasteiger partial charge >= 0.3 is 6.03 Å². The van der Waals surface area contributed by atoms with Crippen LogP contribution in [0, 0.1) is 0 Å². The van der Waals surface area contributed by atoms with Crippen LogP contribution in [0.4, 0.5) is 10.5 Å². The highest BCUT2D eigenvalue weighted by Crippen LogP contribution is 2.29. The summed E-state index contributed by atoms with van der Waals surface area (Å²) in [4.78, 5) is 11.7. The van der Waals surface area contributed by atoms with E-state index in [2.05, 4.69) is 31.7 Å². The fraction of sp³-hybridized carbons (Fsp3) is 0.286. The summed E-state index contributed by atoms with van der Waals surface area (Å²) >= 11 is 3.48. The van der Waals surface area contributed by atoms with Crippen molar-refractivity contribution in [2.45, 2.75) is 19.9 Å². The molecule has 106 valence electrons. The molecule has 6 heteroatoms. The minimum atomic E-state index is -0.207. The molecule has 0 spiro atoms. The average Bonchev–Trinajstić information content (AvgIpc) is 2.68. The molecule has 2 N–H and O–H groups in total.